The Kier molecular flexibility index (Phi) is 4.77. The molecule has 2 aromatic rings. The Labute approximate surface area is 130 Å². The Bertz CT molecular complexity index is 801. The van der Waals surface area contributed by atoms with Crippen LogP contribution in [0.25, 0.3) is 10.9 Å². The number of carbonyl (C=O) groups is 1. The minimum absolute atomic E-state index is 0.0424. The molecule has 6 nitrogen and oxygen atoms in total. The number of fused-ring (bicyclic) bond motifs is 1. The topological polar surface area (TPSA) is 88.2 Å². The van der Waals surface area contributed by atoms with Crippen LogP contribution in [0.4, 0.5) is 0 Å². The van der Waals surface area contributed by atoms with Crippen LogP contribution in [0.5, 0.6) is 0 Å². The van der Waals surface area contributed by atoms with Crippen LogP contribution < -0.4 is 10.0 Å². The second-order valence-corrected chi connectivity index (χ2v) is 7.12. The Morgan fingerprint density at radius 1 is 1.32 bits per heavy atom. The summed E-state index contributed by atoms with van der Waals surface area (Å²) in [6.07, 6.45) is 1.62. The molecule has 0 aliphatic heterocycles. The maximum absolute atomic E-state index is 12.4. The van der Waals surface area contributed by atoms with E-state index < -0.39 is 10.0 Å². The van der Waals surface area contributed by atoms with E-state index in [-0.39, 0.29) is 23.4 Å². The SMILES string of the molecule is Cc1cnc2c(S(=O)(=O)NCC(=O)NC(C)C)cccc2c1. The zero-order valence-electron chi connectivity index (χ0n) is 12.8. The first-order valence-electron chi connectivity index (χ1n) is 6.94. The molecular weight excluding hydrogens is 302 g/mol. The molecule has 0 bridgehead atoms. The van der Waals surface area contributed by atoms with Gasteiger partial charge in [0, 0.05) is 17.6 Å². The molecule has 2 rings (SSSR count). The largest absolute Gasteiger partial charge is 0.353 e. The number of carbonyl (C=O) groups excluding carboxylic acids is 1. The minimum Gasteiger partial charge on any atom is -0.353 e. The number of sulfonamides is 1. The lowest BCUT2D eigenvalue weighted by Gasteiger charge is -2.11. The molecule has 0 aliphatic rings. The third-order valence-electron chi connectivity index (χ3n) is 2.97. The van der Waals surface area contributed by atoms with E-state index in [1.807, 2.05) is 26.8 Å². The van der Waals surface area contributed by atoms with Crippen molar-refractivity contribution < 1.29 is 13.2 Å². The smallest absolute Gasteiger partial charge is 0.243 e. The van der Waals surface area contributed by atoms with Gasteiger partial charge in [-0.05, 0) is 38.5 Å². The van der Waals surface area contributed by atoms with Crippen molar-refractivity contribution in [3.05, 3.63) is 36.0 Å². The van der Waals surface area contributed by atoms with Crippen LogP contribution in [0.3, 0.4) is 0 Å². The van der Waals surface area contributed by atoms with Crippen LogP contribution in [0.15, 0.2) is 35.4 Å². The van der Waals surface area contributed by atoms with Crippen LogP contribution >= 0.6 is 0 Å². The summed E-state index contributed by atoms with van der Waals surface area (Å²) >= 11 is 0. The zero-order valence-corrected chi connectivity index (χ0v) is 13.6. The van der Waals surface area contributed by atoms with Crippen molar-refractivity contribution in [2.75, 3.05) is 6.54 Å². The van der Waals surface area contributed by atoms with E-state index >= 15 is 0 Å². The molecule has 22 heavy (non-hydrogen) atoms. The van der Waals surface area contributed by atoms with Gasteiger partial charge in [0.2, 0.25) is 15.9 Å². The molecule has 0 spiro atoms. The average Bonchev–Trinajstić information content (AvgIpc) is 2.43. The summed E-state index contributed by atoms with van der Waals surface area (Å²) in [6, 6.07) is 6.77. The number of nitrogens with one attached hydrogen (secondary N) is 2. The molecule has 118 valence electrons. The van der Waals surface area contributed by atoms with Crippen LogP contribution in [0.1, 0.15) is 19.4 Å². The van der Waals surface area contributed by atoms with Gasteiger partial charge in [-0.3, -0.25) is 9.78 Å². The van der Waals surface area contributed by atoms with Gasteiger partial charge in [-0.1, -0.05) is 12.1 Å². The van der Waals surface area contributed by atoms with Crippen molar-refractivity contribution in [3.63, 3.8) is 0 Å². The molecule has 2 N–H and O–H groups in total. The van der Waals surface area contributed by atoms with Gasteiger partial charge in [-0.25, -0.2) is 13.1 Å². The maximum atomic E-state index is 12.4. The van der Waals surface area contributed by atoms with Gasteiger partial charge in [0.25, 0.3) is 0 Å². The molecule has 0 unspecified atom stereocenters. The summed E-state index contributed by atoms with van der Waals surface area (Å²) in [5.74, 6) is -0.373. The molecule has 1 aromatic carbocycles. The van der Waals surface area contributed by atoms with E-state index in [4.69, 9.17) is 0 Å². The second-order valence-electron chi connectivity index (χ2n) is 5.39. The minimum atomic E-state index is -3.80. The van der Waals surface area contributed by atoms with Crippen molar-refractivity contribution in [3.8, 4) is 0 Å². The Hall–Kier alpha value is -1.99. The highest BCUT2D eigenvalue weighted by molar-refractivity contribution is 7.89. The van der Waals surface area contributed by atoms with E-state index in [0.717, 1.165) is 10.9 Å². The Balaban J connectivity index is 2.28. The molecule has 0 atom stereocenters. The van der Waals surface area contributed by atoms with Crippen LogP contribution in [0.2, 0.25) is 0 Å². The number of amides is 1. The van der Waals surface area contributed by atoms with Crippen LogP contribution in [-0.2, 0) is 14.8 Å². The number of hydrogen-bond acceptors (Lipinski definition) is 4. The van der Waals surface area contributed by atoms with Gasteiger partial charge in [-0.15, -0.1) is 0 Å². The van der Waals surface area contributed by atoms with E-state index in [0.29, 0.717) is 5.52 Å². The summed E-state index contributed by atoms with van der Waals surface area (Å²) in [6.45, 7) is 5.21. The molecule has 1 heterocycles. The summed E-state index contributed by atoms with van der Waals surface area (Å²) in [5, 5.41) is 3.37. The van der Waals surface area contributed by atoms with Gasteiger partial charge >= 0.3 is 0 Å². The van der Waals surface area contributed by atoms with Gasteiger partial charge in [0.1, 0.15) is 4.90 Å². The van der Waals surface area contributed by atoms with E-state index in [1.54, 1.807) is 18.3 Å². The van der Waals surface area contributed by atoms with Crippen molar-refractivity contribution in [2.24, 2.45) is 0 Å². The number of nitrogens with zero attached hydrogens (tertiary/aromatic N) is 1. The van der Waals surface area contributed by atoms with Crippen LogP contribution in [0, 0.1) is 6.92 Å². The lowest BCUT2D eigenvalue weighted by molar-refractivity contribution is -0.120. The third-order valence-corrected chi connectivity index (χ3v) is 4.41. The number of aromatic nitrogens is 1. The Morgan fingerprint density at radius 2 is 2.05 bits per heavy atom. The van der Waals surface area contributed by atoms with E-state index in [2.05, 4.69) is 15.0 Å². The van der Waals surface area contributed by atoms with E-state index in [9.17, 15) is 13.2 Å². The number of para-hydroxylation sites is 1. The van der Waals surface area contributed by atoms with Crippen LogP contribution in [-0.4, -0.2) is 31.9 Å². The normalized spacial score (nSPS) is 11.8. The average molecular weight is 321 g/mol. The van der Waals surface area contributed by atoms with Crippen molar-refractivity contribution in [1.82, 2.24) is 15.0 Å². The monoisotopic (exact) mass is 321 g/mol. The predicted octanol–water partition coefficient (Wildman–Crippen LogP) is 1.35. The number of hydrogen-bond donors (Lipinski definition) is 2. The highest BCUT2D eigenvalue weighted by atomic mass is 32.2. The van der Waals surface area contributed by atoms with Crippen molar-refractivity contribution in [2.45, 2.75) is 31.7 Å². The standard InChI is InChI=1S/C15H19N3O3S/c1-10(2)18-14(19)9-17-22(20,21)13-6-4-5-12-7-11(3)8-16-15(12)13/h4-8,10,17H,9H2,1-3H3,(H,18,19). The Morgan fingerprint density at radius 3 is 2.73 bits per heavy atom. The molecule has 1 aromatic heterocycles. The summed E-state index contributed by atoms with van der Waals surface area (Å²) in [5.41, 5.74) is 1.34. The summed E-state index contributed by atoms with van der Waals surface area (Å²) in [4.78, 5) is 15.9. The highest BCUT2D eigenvalue weighted by Gasteiger charge is 2.19. The molecular formula is C15H19N3O3S. The fourth-order valence-electron chi connectivity index (χ4n) is 2.07. The number of pyridine rings is 1. The fourth-order valence-corrected chi connectivity index (χ4v) is 3.23. The first-order chi connectivity index (χ1) is 10.3. The molecule has 1 amide bonds. The number of rotatable bonds is 5. The fraction of sp³-hybridized carbons (Fsp3) is 0.333. The first kappa shape index (κ1) is 16.4. The predicted molar refractivity (Wildman–Crippen MR) is 84.9 cm³/mol. The summed E-state index contributed by atoms with van der Waals surface area (Å²) in [7, 11) is -3.80. The van der Waals surface area contributed by atoms with Crippen molar-refractivity contribution in [1.29, 1.82) is 0 Å². The quantitative estimate of drug-likeness (QED) is 0.870. The lowest BCUT2D eigenvalue weighted by Crippen LogP contribution is -2.39. The van der Waals surface area contributed by atoms with Gasteiger partial charge < -0.3 is 5.32 Å². The molecule has 7 heteroatoms. The second kappa shape index (κ2) is 6.41. The zero-order chi connectivity index (χ0) is 16.3. The number of benzene rings is 1. The van der Waals surface area contributed by atoms with Crippen molar-refractivity contribution >= 4 is 26.8 Å². The molecule has 0 saturated heterocycles. The first-order valence-corrected chi connectivity index (χ1v) is 8.42. The van der Waals surface area contributed by atoms with Gasteiger partial charge in [-0.2, -0.15) is 0 Å². The molecule has 0 radical (unpaired) electrons. The molecule has 0 aliphatic carbocycles. The molecule has 0 saturated carbocycles. The maximum Gasteiger partial charge on any atom is 0.243 e. The summed E-state index contributed by atoms with van der Waals surface area (Å²) < 4.78 is 27.1. The molecule has 0 fully saturated rings. The highest BCUT2D eigenvalue weighted by Crippen LogP contribution is 2.21. The third kappa shape index (κ3) is 3.80. The number of aryl methyl sites for hydroxylation is 1. The van der Waals surface area contributed by atoms with E-state index in [1.165, 1.54) is 6.07 Å². The lowest BCUT2D eigenvalue weighted by atomic mass is 10.2. The van der Waals surface area contributed by atoms with Gasteiger partial charge in [0.05, 0.1) is 12.1 Å². The van der Waals surface area contributed by atoms with Gasteiger partial charge in [0.15, 0.2) is 0 Å².